The molecule has 158 valence electrons. The highest BCUT2D eigenvalue weighted by Crippen LogP contribution is 2.29. The molecule has 0 fully saturated rings. The molecule has 0 saturated carbocycles. The van der Waals surface area contributed by atoms with Crippen molar-refractivity contribution in [1.82, 2.24) is 5.01 Å². The molecule has 0 N–H and O–H groups in total. The highest BCUT2D eigenvalue weighted by Gasteiger charge is 2.23. The standard InChI is InChI=1S/C23H26N2O5/c1-3-14-29-20-11-10-18(15-21(20)28-4-2)23(27)30-16-22(26)25-13-12-19(24-25)17-8-6-5-7-9-17/h5-11,15H,3-4,12-14,16H2,1-2H3. The molecule has 3 rings (SSSR count). The third-order valence-corrected chi connectivity index (χ3v) is 4.46. The Morgan fingerprint density at radius 1 is 1.03 bits per heavy atom. The van der Waals surface area contributed by atoms with E-state index in [0.717, 1.165) is 17.7 Å². The summed E-state index contributed by atoms with van der Waals surface area (Å²) in [4.78, 5) is 24.8. The van der Waals surface area contributed by atoms with Gasteiger partial charge in [-0.2, -0.15) is 5.10 Å². The number of esters is 1. The molecular weight excluding hydrogens is 384 g/mol. The Morgan fingerprint density at radius 3 is 2.57 bits per heavy atom. The van der Waals surface area contributed by atoms with Crippen LogP contribution in [0.3, 0.4) is 0 Å². The highest BCUT2D eigenvalue weighted by atomic mass is 16.5. The third-order valence-electron chi connectivity index (χ3n) is 4.46. The van der Waals surface area contributed by atoms with Crippen molar-refractivity contribution in [3.63, 3.8) is 0 Å². The molecule has 0 saturated heterocycles. The summed E-state index contributed by atoms with van der Waals surface area (Å²) < 4.78 is 16.4. The highest BCUT2D eigenvalue weighted by molar-refractivity contribution is 6.02. The van der Waals surface area contributed by atoms with Crippen molar-refractivity contribution in [2.75, 3.05) is 26.4 Å². The van der Waals surface area contributed by atoms with Gasteiger partial charge in [-0.1, -0.05) is 37.3 Å². The zero-order chi connectivity index (χ0) is 21.3. The van der Waals surface area contributed by atoms with E-state index in [1.165, 1.54) is 5.01 Å². The van der Waals surface area contributed by atoms with Gasteiger partial charge in [0.05, 0.1) is 31.0 Å². The number of rotatable bonds is 9. The summed E-state index contributed by atoms with van der Waals surface area (Å²) in [5.74, 6) is 0.0922. The summed E-state index contributed by atoms with van der Waals surface area (Å²) in [5, 5.41) is 5.71. The van der Waals surface area contributed by atoms with Crippen molar-refractivity contribution in [1.29, 1.82) is 0 Å². The Morgan fingerprint density at radius 2 is 1.83 bits per heavy atom. The van der Waals surface area contributed by atoms with Crippen LogP contribution < -0.4 is 9.47 Å². The van der Waals surface area contributed by atoms with Crippen molar-refractivity contribution < 1.29 is 23.8 Å². The zero-order valence-electron chi connectivity index (χ0n) is 17.3. The van der Waals surface area contributed by atoms with Crippen molar-refractivity contribution in [2.45, 2.75) is 26.7 Å². The minimum atomic E-state index is -0.599. The molecule has 0 spiro atoms. The number of carbonyl (C=O) groups is 2. The molecule has 0 atom stereocenters. The molecule has 2 aromatic rings. The van der Waals surface area contributed by atoms with Crippen LogP contribution in [-0.4, -0.2) is 49.0 Å². The predicted octanol–water partition coefficient (Wildman–Crippen LogP) is 3.67. The summed E-state index contributed by atoms with van der Waals surface area (Å²) in [6.45, 7) is 4.96. The van der Waals surface area contributed by atoms with Crippen LogP contribution in [0.4, 0.5) is 0 Å². The lowest BCUT2D eigenvalue weighted by Crippen LogP contribution is -2.28. The average molecular weight is 410 g/mol. The van der Waals surface area contributed by atoms with Crippen LogP contribution in [0, 0.1) is 0 Å². The number of nitrogens with zero attached hydrogens (tertiary/aromatic N) is 2. The van der Waals surface area contributed by atoms with Crippen molar-refractivity contribution in [3.05, 3.63) is 59.7 Å². The van der Waals surface area contributed by atoms with Crippen LogP contribution in [0.2, 0.25) is 0 Å². The number of ether oxygens (including phenoxy) is 3. The number of hydrogen-bond acceptors (Lipinski definition) is 6. The maximum Gasteiger partial charge on any atom is 0.338 e. The normalized spacial score (nSPS) is 13.0. The fourth-order valence-corrected chi connectivity index (χ4v) is 2.99. The molecule has 0 bridgehead atoms. The van der Waals surface area contributed by atoms with E-state index < -0.39 is 5.97 Å². The molecule has 1 aliphatic heterocycles. The molecular formula is C23H26N2O5. The summed E-state index contributed by atoms with van der Waals surface area (Å²) in [6, 6.07) is 14.5. The van der Waals surface area contributed by atoms with E-state index in [0.29, 0.717) is 43.2 Å². The van der Waals surface area contributed by atoms with E-state index in [1.54, 1.807) is 18.2 Å². The number of benzene rings is 2. The molecule has 30 heavy (non-hydrogen) atoms. The largest absolute Gasteiger partial charge is 0.490 e. The van der Waals surface area contributed by atoms with Gasteiger partial charge in [0.25, 0.3) is 5.91 Å². The van der Waals surface area contributed by atoms with Crippen molar-refractivity contribution in [3.8, 4) is 11.5 Å². The van der Waals surface area contributed by atoms with Crippen LogP contribution in [0.15, 0.2) is 53.6 Å². The monoisotopic (exact) mass is 410 g/mol. The summed E-state index contributed by atoms with van der Waals surface area (Å²) >= 11 is 0. The maximum absolute atomic E-state index is 12.4. The van der Waals surface area contributed by atoms with E-state index in [9.17, 15) is 9.59 Å². The van der Waals surface area contributed by atoms with E-state index in [4.69, 9.17) is 14.2 Å². The second kappa shape index (κ2) is 10.4. The lowest BCUT2D eigenvalue weighted by atomic mass is 10.1. The van der Waals surface area contributed by atoms with E-state index in [1.807, 2.05) is 44.2 Å². The zero-order valence-corrected chi connectivity index (χ0v) is 17.3. The number of hydrogen-bond donors (Lipinski definition) is 0. The van der Waals surface area contributed by atoms with Crippen LogP contribution in [0.5, 0.6) is 11.5 Å². The maximum atomic E-state index is 12.4. The van der Waals surface area contributed by atoms with Gasteiger partial charge in [0.2, 0.25) is 0 Å². The summed E-state index contributed by atoms with van der Waals surface area (Å²) in [7, 11) is 0. The van der Waals surface area contributed by atoms with Gasteiger partial charge >= 0.3 is 5.97 Å². The Bertz CT molecular complexity index is 911. The summed E-state index contributed by atoms with van der Waals surface area (Å²) in [5.41, 5.74) is 2.13. The molecule has 0 unspecified atom stereocenters. The molecule has 1 amide bonds. The average Bonchev–Trinajstić information content (AvgIpc) is 3.27. The Balaban J connectivity index is 1.59. The van der Waals surface area contributed by atoms with Gasteiger partial charge in [-0.15, -0.1) is 0 Å². The molecule has 0 radical (unpaired) electrons. The minimum absolute atomic E-state index is 0.296. The van der Waals surface area contributed by atoms with E-state index in [-0.39, 0.29) is 12.5 Å². The van der Waals surface area contributed by atoms with Crippen LogP contribution in [0.25, 0.3) is 0 Å². The molecule has 0 aliphatic carbocycles. The van der Waals surface area contributed by atoms with Crippen molar-refractivity contribution in [2.24, 2.45) is 5.10 Å². The SMILES string of the molecule is CCCOc1ccc(C(=O)OCC(=O)N2CCC(c3ccccc3)=N2)cc1OCC. The second-order valence-corrected chi connectivity index (χ2v) is 6.70. The first-order valence-corrected chi connectivity index (χ1v) is 10.1. The minimum Gasteiger partial charge on any atom is -0.490 e. The van der Waals surface area contributed by atoms with Gasteiger partial charge in [-0.3, -0.25) is 4.79 Å². The first kappa shape index (κ1) is 21.4. The van der Waals surface area contributed by atoms with Crippen LogP contribution >= 0.6 is 0 Å². The van der Waals surface area contributed by atoms with E-state index >= 15 is 0 Å². The topological polar surface area (TPSA) is 77.4 Å². The fourth-order valence-electron chi connectivity index (χ4n) is 2.99. The Hall–Kier alpha value is -3.35. The molecule has 0 aromatic heterocycles. The van der Waals surface area contributed by atoms with Gasteiger partial charge in [-0.05, 0) is 37.1 Å². The first-order chi connectivity index (χ1) is 14.6. The van der Waals surface area contributed by atoms with Crippen LogP contribution in [0.1, 0.15) is 42.6 Å². The molecule has 7 heteroatoms. The van der Waals surface area contributed by atoms with Gasteiger partial charge < -0.3 is 14.2 Å². The molecule has 7 nitrogen and oxygen atoms in total. The lowest BCUT2D eigenvalue weighted by molar-refractivity contribution is -0.134. The lowest BCUT2D eigenvalue weighted by Gasteiger charge is -2.14. The van der Waals surface area contributed by atoms with Gasteiger partial charge in [0, 0.05) is 6.42 Å². The van der Waals surface area contributed by atoms with Gasteiger partial charge in [-0.25, -0.2) is 9.80 Å². The first-order valence-electron chi connectivity index (χ1n) is 10.1. The summed E-state index contributed by atoms with van der Waals surface area (Å²) in [6.07, 6.45) is 1.53. The van der Waals surface area contributed by atoms with Crippen molar-refractivity contribution >= 4 is 17.6 Å². The second-order valence-electron chi connectivity index (χ2n) is 6.70. The number of hydrazone groups is 1. The fraction of sp³-hybridized carbons (Fsp3) is 0.348. The number of amides is 1. The predicted molar refractivity (Wildman–Crippen MR) is 113 cm³/mol. The third kappa shape index (κ3) is 5.37. The van der Waals surface area contributed by atoms with E-state index in [2.05, 4.69) is 5.10 Å². The number of carbonyl (C=O) groups excluding carboxylic acids is 2. The van der Waals surface area contributed by atoms with Crippen LogP contribution in [-0.2, 0) is 9.53 Å². The Kier molecular flexibility index (Phi) is 7.43. The van der Waals surface area contributed by atoms with Gasteiger partial charge in [0.1, 0.15) is 0 Å². The Labute approximate surface area is 176 Å². The smallest absolute Gasteiger partial charge is 0.338 e. The molecule has 1 aliphatic rings. The molecule has 1 heterocycles. The van der Waals surface area contributed by atoms with Gasteiger partial charge in [0.15, 0.2) is 18.1 Å². The quantitative estimate of drug-likeness (QED) is 0.590. The molecule has 2 aromatic carbocycles.